The Labute approximate surface area is 161 Å². The molecule has 1 heterocycles. The van der Waals surface area contributed by atoms with Crippen molar-refractivity contribution in [3.05, 3.63) is 52.8 Å². The van der Waals surface area contributed by atoms with Gasteiger partial charge in [-0.3, -0.25) is 14.5 Å². The lowest BCUT2D eigenvalue weighted by atomic mass is 10.1. The van der Waals surface area contributed by atoms with E-state index >= 15 is 0 Å². The molecule has 2 aromatic rings. The summed E-state index contributed by atoms with van der Waals surface area (Å²) in [5.41, 5.74) is 4.57. The Kier molecular flexibility index (Phi) is 7.33. The summed E-state index contributed by atoms with van der Waals surface area (Å²) >= 11 is 0. The molecule has 0 fully saturated rings. The zero-order chi connectivity index (χ0) is 20.0. The minimum atomic E-state index is -0.139. The number of nitrogens with one attached hydrogen (secondary N) is 1. The first kappa shape index (κ1) is 20.9. The van der Waals surface area contributed by atoms with Crippen molar-refractivity contribution in [2.24, 2.45) is 0 Å². The summed E-state index contributed by atoms with van der Waals surface area (Å²) < 4.78 is 7.21. The number of Topliss-reactive ketones (excluding diaryl/α,β-unsaturated/α-hetero) is 1. The first-order chi connectivity index (χ1) is 12.8. The van der Waals surface area contributed by atoms with Crippen molar-refractivity contribution < 1.29 is 14.3 Å². The van der Waals surface area contributed by atoms with Crippen LogP contribution in [0.25, 0.3) is 0 Å². The topological polar surface area (TPSA) is 63.6 Å². The van der Waals surface area contributed by atoms with Crippen molar-refractivity contribution >= 4 is 17.4 Å². The molecule has 0 saturated heterocycles. The van der Waals surface area contributed by atoms with Gasteiger partial charge in [-0.2, -0.15) is 0 Å². The average molecular weight is 371 g/mol. The number of carbonyl (C=O) groups excluding carboxylic acids is 2. The molecule has 0 unspecified atom stereocenters. The van der Waals surface area contributed by atoms with Crippen LogP contribution in [-0.2, 0) is 16.1 Å². The Morgan fingerprint density at radius 1 is 1.11 bits per heavy atom. The predicted molar refractivity (Wildman–Crippen MR) is 107 cm³/mol. The van der Waals surface area contributed by atoms with Crippen molar-refractivity contribution in [2.45, 2.75) is 27.3 Å². The third-order valence-corrected chi connectivity index (χ3v) is 4.56. The Morgan fingerprint density at radius 2 is 1.78 bits per heavy atom. The van der Waals surface area contributed by atoms with Gasteiger partial charge in [0.1, 0.15) is 0 Å². The van der Waals surface area contributed by atoms with E-state index in [0.717, 1.165) is 29.2 Å². The highest BCUT2D eigenvalue weighted by atomic mass is 16.5. The van der Waals surface area contributed by atoms with Gasteiger partial charge in [0.25, 0.3) is 0 Å². The number of benzene rings is 1. The van der Waals surface area contributed by atoms with Gasteiger partial charge in [-0.25, -0.2) is 0 Å². The maximum atomic E-state index is 12.7. The van der Waals surface area contributed by atoms with Crippen LogP contribution in [0.2, 0.25) is 0 Å². The molecule has 6 heteroatoms. The number of ether oxygens (including phenoxy) is 1. The number of aryl methyl sites for hydroxylation is 2. The summed E-state index contributed by atoms with van der Waals surface area (Å²) in [5.74, 6) is -0.128. The zero-order valence-corrected chi connectivity index (χ0v) is 16.8. The normalized spacial score (nSPS) is 11.0. The maximum Gasteiger partial charge on any atom is 0.238 e. The number of likely N-dealkylation sites (N-methyl/N-ethyl adjacent to an activating group) is 1. The van der Waals surface area contributed by atoms with Crippen LogP contribution < -0.4 is 5.32 Å². The second-order valence-electron chi connectivity index (χ2n) is 6.94. The summed E-state index contributed by atoms with van der Waals surface area (Å²) in [6, 6.07) is 9.54. The number of amides is 1. The van der Waals surface area contributed by atoms with Gasteiger partial charge in [0, 0.05) is 36.3 Å². The largest absolute Gasteiger partial charge is 0.383 e. The van der Waals surface area contributed by atoms with E-state index in [1.807, 2.05) is 51.1 Å². The van der Waals surface area contributed by atoms with Gasteiger partial charge in [0.2, 0.25) is 5.91 Å². The average Bonchev–Trinajstić information content (AvgIpc) is 2.89. The van der Waals surface area contributed by atoms with Crippen molar-refractivity contribution in [1.29, 1.82) is 0 Å². The van der Waals surface area contributed by atoms with Crippen molar-refractivity contribution in [1.82, 2.24) is 9.47 Å². The Bertz CT molecular complexity index is 794. The summed E-state index contributed by atoms with van der Waals surface area (Å²) in [6.07, 6.45) is 0. The van der Waals surface area contributed by atoms with Crippen LogP contribution >= 0.6 is 0 Å². The van der Waals surface area contributed by atoms with Gasteiger partial charge in [0.15, 0.2) is 5.78 Å². The molecule has 1 aromatic carbocycles. The number of aromatic nitrogens is 1. The molecule has 0 aliphatic heterocycles. The van der Waals surface area contributed by atoms with E-state index in [1.165, 1.54) is 0 Å². The molecule has 0 spiro atoms. The van der Waals surface area contributed by atoms with E-state index in [9.17, 15) is 9.59 Å². The SMILES string of the molecule is COCCn1c(C)cc(C(=O)CN(C)CC(=O)Nc2ccc(C)cc2)c1C. The van der Waals surface area contributed by atoms with Crippen LogP contribution in [0.1, 0.15) is 27.3 Å². The Morgan fingerprint density at radius 3 is 2.41 bits per heavy atom. The van der Waals surface area contributed by atoms with E-state index in [4.69, 9.17) is 4.74 Å². The number of rotatable bonds is 9. The van der Waals surface area contributed by atoms with E-state index in [-0.39, 0.29) is 24.8 Å². The predicted octanol–water partition coefficient (Wildman–Crippen LogP) is 2.81. The standard InChI is InChI=1S/C21H29N3O3/c1-15-6-8-18(9-7-15)22-21(26)14-23(4)13-20(25)19-12-16(2)24(17(19)3)10-11-27-5/h6-9,12H,10-11,13-14H2,1-5H3,(H,22,26). The molecule has 0 aliphatic carbocycles. The highest BCUT2D eigenvalue weighted by Crippen LogP contribution is 2.16. The first-order valence-corrected chi connectivity index (χ1v) is 9.05. The summed E-state index contributed by atoms with van der Waals surface area (Å²) in [7, 11) is 3.44. The highest BCUT2D eigenvalue weighted by molar-refractivity contribution is 5.99. The van der Waals surface area contributed by atoms with Crippen LogP contribution in [0.5, 0.6) is 0 Å². The molecule has 0 saturated carbocycles. The number of carbonyl (C=O) groups is 2. The number of hydrogen-bond donors (Lipinski definition) is 1. The fourth-order valence-corrected chi connectivity index (χ4v) is 3.08. The van der Waals surface area contributed by atoms with E-state index in [1.54, 1.807) is 19.1 Å². The van der Waals surface area contributed by atoms with Gasteiger partial charge < -0.3 is 14.6 Å². The lowest BCUT2D eigenvalue weighted by molar-refractivity contribution is -0.116. The molecule has 1 aromatic heterocycles. The molecule has 27 heavy (non-hydrogen) atoms. The fourth-order valence-electron chi connectivity index (χ4n) is 3.08. The molecule has 1 N–H and O–H groups in total. The van der Waals surface area contributed by atoms with Crippen molar-refractivity contribution in [3.63, 3.8) is 0 Å². The van der Waals surface area contributed by atoms with E-state index in [0.29, 0.717) is 12.2 Å². The maximum absolute atomic E-state index is 12.7. The van der Waals surface area contributed by atoms with Crippen molar-refractivity contribution in [3.8, 4) is 0 Å². The molecule has 0 bridgehead atoms. The third-order valence-electron chi connectivity index (χ3n) is 4.56. The second-order valence-corrected chi connectivity index (χ2v) is 6.94. The van der Waals surface area contributed by atoms with Crippen LogP contribution in [-0.4, -0.2) is 55.0 Å². The molecule has 6 nitrogen and oxygen atoms in total. The highest BCUT2D eigenvalue weighted by Gasteiger charge is 2.18. The second kappa shape index (κ2) is 9.48. The number of anilines is 1. The summed E-state index contributed by atoms with van der Waals surface area (Å²) in [4.78, 5) is 26.6. The van der Waals surface area contributed by atoms with Crippen LogP contribution in [0.4, 0.5) is 5.69 Å². The van der Waals surface area contributed by atoms with Gasteiger partial charge in [0.05, 0.1) is 19.7 Å². The minimum Gasteiger partial charge on any atom is -0.383 e. The smallest absolute Gasteiger partial charge is 0.238 e. The van der Waals surface area contributed by atoms with Crippen LogP contribution in [0.15, 0.2) is 30.3 Å². The monoisotopic (exact) mass is 371 g/mol. The fraction of sp³-hybridized carbons (Fsp3) is 0.429. The molecule has 146 valence electrons. The van der Waals surface area contributed by atoms with E-state index < -0.39 is 0 Å². The number of methoxy groups -OCH3 is 1. The molecule has 1 amide bonds. The Hall–Kier alpha value is -2.44. The van der Waals surface area contributed by atoms with Gasteiger partial charge in [-0.15, -0.1) is 0 Å². The number of ketones is 1. The minimum absolute atomic E-state index is 0.0115. The molecule has 0 atom stereocenters. The zero-order valence-electron chi connectivity index (χ0n) is 16.8. The quantitative estimate of drug-likeness (QED) is 0.689. The van der Waals surface area contributed by atoms with Crippen LogP contribution in [0.3, 0.4) is 0 Å². The number of nitrogens with zero attached hydrogens (tertiary/aromatic N) is 2. The molecule has 0 aliphatic rings. The summed E-state index contributed by atoms with van der Waals surface area (Å²) in [5, 5.41) is 2.85. The van der Waals surface area contributed by atoms with Gasteiger partial charge in [-0.05, 0) is 46.0 Å². The van der Waals surface area contributed by atoms with Gasteiger partial charge in [-0.1, -0.05) is 17.7 Å². The molecule has 2 rings (SSSR count). The molecular weight excluding hydrogens is 342 g/mol. The summed E-state index contributed by atoms with van der Waals surface area (Å²) in [6.45, 7) is 7.59. The van der Waals surface area contributed by atoms with Crippen LogP contribution in [0, 0.1) is 20.8 Å². The Balaban J connectivity index is 1.93. The first-order valence-electron chi connectivity index (χ1n) is 9.05. The molecular formula is C21H29N3O3. The molecule has 0 radical (unpaired) electrons. The lowest BCUT2D eigenvalue weighted by Gasteiger charge is -2.16. The van der Waals surface area contributed by atoms with Crippen molar-refractivity contribution in [2.75, 3.05) is 39.2 Å². The third kappa shape index (κ3) is 5.77. The van der Waals surface area contributed by atoms with Gasteiger partial charge >= 0.3 is 0 Å². The number of hydrogen-bond acceptors (Lipinski definition) is 4. The lowest BCUT2D eigenvalue weighted by Crippen LogP contribution is -2.34. The van der Waals surface area contributed by atoms with E-state index in [2.05, 4.69) is 9.88 Å².